The zero-order valence-electron chi connectivity index (χ0n) is 15.5. The molecule has 30 heavy (non-hydrogen) atoms. The van der Waals surface area contributed by atoms with Crippen molar-refractivity contribution in [2.24, 2.45) is 0 Å². The fourth-order valence-corrected chi connectivity index (χ4v) is 2.66. The third-order valence-electron chi connectivity index (χ3n) is 4.04. The molecule has 2 aliphatic rings. The summed E-state index contributed by atoms with van der Waals surface area (Å²) in [5.74, 6) is -7.59. The van der Waals surface area contributed by atoms with Gasteiger partial charge in [0.15, 0.2) is 0 Å². The Morgan fingerprint density at radius 3 is 1.40 bits per heavy atom. The number of aliphatic carboxylic acids is 2. The summed E-state index contributed by atoms with van der Waals surface area (Å²) >= 11 is 0. The van der Waals surface area contributed by atoms with Gasteiger partial charge in [0.2, 0.25) is 0 Å². The zero-order chi connectivity index (χ0) is 22.3. The highest BCUT2D eigenvalue weighted by atomic mass is 16.6. The second-order valence-corrected chi connectivity index (χ2v) is 6.03. The molecule has 0 atom stereocenters. The van der Waals surface area contributed by atoms with E-state index in [4.69, 9.17) is 10.2 Å². The summed E-state index contributed by atoms with van der Waals surface area (Å²) in [6.07, 6.45) is 7.55. The van der Waals surface area contributed by atoms with E-state index in [2.05, 4.69) is 9.47 Å². The van der Waals surface area contributed by atoms with Crippen molar-refractivity contribution in [1.82, 2.24) is 0 Å². The molecule has 2 aliphatic carbocycles. The number of rotatable bonds is 6. The van der Waals surface area contributed by atoms with E-state index in [9.17, 15) is 28.8 Å². The monoisotopic (exact) mass is 416 g/mol. The van der Waals surface area contributed by atoms with Crippen molar-refractivity contribution in [2.75, 3.05) is 0 Å². The Morgan fingerprint density at radius 2 is 1.07 bits per heavy atom. The van der Waals surface area contributed by atoms with Crippen molar-refractivity contribution < 1.29 is 48.5 Å². The van der Waals surface area contributed by atoms with Crippen LogP contribution in [0, 0.1) is 0 Å². The third kappa shape index (κ3) is 5.71. The minimum Gasteiger partial charge on any atom is -0.478 e. The van der Waals surface area contributed by atoms with Gasteiger partial charge in [0, 0.05) is 12.2 Å². The van der Waals surface area contributed by atoms with Crippen molar-refractivity contribution in [1.29, 1.82) is 0 Å². The van der Waals surface area contributed by atoms with Gasteiger partial charge in [-0.25, -0.2) is 28.8 Å². The van der Waals surface area contributed by atoms with E-state index in [-0.39, 0.29) is 35.1 Å². The van der Waals surface area contributed by atoms with Gasteiger partial charge in [-0.05, 0) is 25.7 Å². The van der Waals surface area contributed by atoms with E-state index in [1.165, 1.54) is 12.2 Å². The summed E-state index contributed by atoms with van der Waals surface area (Å²) in [6.45, 7) is 0. The number of ether oxygens (including phenoxy) is 2. The molecule has 0 spiro atoms. The predicted octanol–water partition coefficient (Wildman–Crippen LogP) is 1.14. The van der Waals surface area contributed by atoms with Crippen LogP contribution in [-0.4, -0.2) is 46.0 Å². The van der Waals surface area contributed by atoms with Crippen molar-refractivity contribution >= 4 is 35.8 Å². The number of carbonyl (C=O) groups is 6. The average Bonchev–Trinajstić information content (AvgIpc) is 2.72. The summed E-state index contributed by atoms with van der Waals surface area (Å²) < 4.78 is 8.96. The number of carboxylic acids is 2. The Bertz CT molecular complexity index is 894. The SMILES string of the molecule is O=C(/C=C\C(=O)OC(=O)C1=C(C(=O)O)C=CCC1)OC(=O)C1=C(C(=O)O)C=CCC1. The molecular formula is C20H16O10. The molecule has 0 aromatic carbocycles. The van der Waals surface area contributed by atoms with Crippen LogP contribution in [0.4, 0.5) is 0 Å². The standard InChI is InChI=1S/C20H16O10/c21-15(29-19(27)13-7-3-1-5-11(13)17(23)24)9-10-16(22)30-20(28)14-8-4-2-6-12(14)18(25)26/h1-2,5-6,9-10H,3-4,7-8H2,(H,23,24)(H,25,26)/b10-9-. The number of esters is 4. The lowest BCUT2D eigenvalue weighted by atomic mass is 9.98. The van der Waals surface area contributed by atoms with Crippen molar-refractivity contribution in [3.8, 4) is 0 Å². The van der Waals surface area contributed by atoms with Gasteiger partial charge < -0.3 is 19.7 Å². The Morgan fingerprint density at radius 1 is 0.700 bits per heavy atom. The molecule has 10 nitrogen and oxygen atoms in total. The molecule has 0 saturated heterocycles. The van der Waals surface area contributed by atoms with E-state index < -0.39 is 35.8 Å². The Labute approximate surface area is 169 Å². The molecule has 0 fully saturated rings. The highest BCUT2D eigenvalue weighted by molar-refractivity contribution is 6.08. The lowest BCUT2D eigenvalue weighted by molar-refractivity contribution is -0.156. The second-order valence-electron chi connectivity index (χ2n) is 6.03. The molecule has 10 heteroatoms. The predicted molar refractivity (Wildman–Crippen MR) is 97.4 cm³/mol. The van der Waals surface area contributed by atoms with Gasteiger partial charge in [-0.1, -0.05) is 24.3 Å². The van der Waals surface area contributed by atoms with Gasteiger partial charge in [-0.2, -0.15) is 0 Å². The van der Waals surface area contributed by atoms with E-state index in [1.54, 1.807) is 12.2 Å². The first-order valence-electron chi connectivity index (χ1n) is 8.67. The van der Waals surface area contributed by atoms with Gasteiger partial charge in [0.05, 0.1) is 22.3 Å². The van der Waals surface area contributed by atoms with E-state index >= 15 is 0 Å². The highest BCUT2D eigenvalue weighted by Crippen LogP contribution is 2.21. The van der Waals surface area contributed by atoms with Crippen molar-refractivity contribution in [3.05, 3.63) is 58.7 Å². The molecular weight excluding hydrogens is 400 g/mol. The quantitative estimate of drug-likeness (QED) is 0.365. The largest absolute Gasteiger partial charge is 0.478 e. The fourth-order valence-electron chi connectivity index (χ4n) is 2.66. The molecule has 0 aromatic rings. The van der Waals surface area contributed by atoms with Crippen LogP contribution in [0.3, 0.4) is 0 Å². The molecule has 0 heterocycles. The number of carbonyl (C=O) groups excluding carboxylic acids is 4. The van der Waals surface area contributed by atoms with Crippen molar-refractivity contribution in [3.63, 3.8) is 0 Å². The topological polar surface area (TPSA) is 161 Å². The minimum absolute atomic E-state index is 0.0694. The maximum Gasteiger partial charge on any atom is 0.342 e. The third-order valence-corrected chi connectivity index (χ3v) is 4.04. The van der Waals surface area contributed by atoms with Crippen LogP contribution in [-0.2, 0) is 38.2 Å². The summed E-state index contributed by atoms with van der Waals surface area (Å²) in [4.78, 5) is 69.6. The maximum atomic E-state index is 12.0. The number of hydrogen-bond acceptors (Lipinski definition) is 8. The molecule has 0 radical (unpaired) electrons. The van der Waals surface area contributed by atoms with Crippen LogP contribution in [0.1, 0.15) is 25.7 Å². The Hall–Kier alpha value is -4.08. The zero-order valence-corrected chi connectivity index (χ0v) is 15.5. The maximum absolute atomic E-state index is 12.0. The van der Waals surface area contributed by atoms with Crippen LogP contribution >= 0.6 is 0 Å². The lowest BCUT2D eigenvalue weighted by Gasteiger charge is -2.11. The first kappa shape index (κ1) is 22.2. The van der Waals surface area contributed by atoms with Crippen LogP contribution < -0.4 is 0 Å². The van der Waals surface area contributed by atoms with Gasteiger partial charge in [0.1, 0.15) is 0 Å². The summed E-state index contributed by atoms with van der Waals surface area (Å²) in [6, 6.07) is 0. The van der Waals surface area contributed by atoms with Gasteiger partial charge in [0.25, 0.3) is 0 Å². The lowest BCUT2D eigenvalue weighted by Crippen LogP contribution is -2.19. The first-order valence-corrected chi connectivity index (χ1v) is 8.67. The highest BCUT2D eigenvalue weighted by Gasteiger charge is 2.25. The van der Waals surface area contributed by atoms with E-state index in [0.717, 1.165) is 0 Å². The average molecular weight is 416 g/mol. The second kappa shape index (κ2) is 9.92. The molecule has 0 amide bonds. The minimum atomic E-state index is -1.35. The van der Waals surface area contributed by atoms with Crippen LogP contribution in [0.2, 0.25) is 0 Å². The number of hydrogen-bond donors (Lipinski definition) is 2. The van der Waals surface area contributed by atoms with E-state index in [0.29, 0.717) is 25.0 Å². The first-order chi connectivity index (χ1) is 14.2. The van der Waals surface area contributed by atoms with Gasteiger partial charge in [-0.3, -0.25) is 0 Å². The van der Waals surface area contributed by atoms with Gasteiger partial charge in [-0.15, -0.1) is 0 Å². The molecule has 0 aliphatic heterocycles. The molecule has 0 aromatic heterocycles. The molecule has 0 unspecified atom stereocenters. The molecule has 2 rings (SSSR count). The smallest absolute Gasteiger partial charge is 0.342 e. The van der Waals surface area contributed by atoms with Crippen molar-refractivity contribution in [2.45, 2.75) is 25.7 Å². The normalized spacial score (nSPS) is 15.9. The Balaban J connectivity index is 1.98. The Kier molecular flexibility index (Phi) is 7.34. The van der Waals surface area contributed by atoms with Gasteiger partial charge >= 0.3 is 35.8 Å². The van der Waals surface area contributed by atoms with Crippen LogP contribution in [0.5, 0.6) is 0 Å². The fraction of sp³-hybridized carbons (Fsp3) is 0.200. The van der Waals surface area contributed by atoms with E-state index in [1.807, 2.05) is 0 Å². The molecule has 0 bridgehead atoms. The van der Waals surface area contributed by atoms with Crippen LogP contribution in [0.25, 0.3) is 0 Å². The molecule has 156 valence electrons. The number of carboxylic acid groups (broad SMARTS) is 2. The molecule has 2 N–H and O–H groups in total. The summed E-state index contributed by atoms with van der Waals surface area (Å²) in [5.41, 5.74) is -0.972. The molecule has 0 saturated carbocycles. The van der Waals surface area contributed by atoms with Crippen LogP contribution in [0.15, 0.2) is 58.7 Å². The number of allylic oxidation sites excluding steroid dienone is 2. The summed E-state index contributed by atoms with van der Waals surface area (Å²) in [5, 5.41) is 18.1. The summed E-state index contributed by atoms with van der Waals surface area (Å²) in [7, 11) is 0.